The molecule has 12 heteroatoms. The summed E-state index contributed by atoms with van der Waals surface area (Å²) in [6, 6.07) is 5.87. The minimum Gasteiger partial charge on any atom is -0.403 e. The fraction of sp³-hybridized carbons (Fsp3) is 0.296. The molecule has 2 bridgehead atoms. The number of carbonyl (C=O) groups excluding carboxylic acids is 1. The van der Waals surface area contributed by atoms with Crippen LogP contribution in [0.1, 0.15) is 55.5 Å². The number of halogens is 4. The number of aromatic nitrogens is 3. The highest BCUT2D eigenvalue weighted by molar-refractivity contribution is 6.31. The van der Waals surface area contributed by atoms with Gasteiger partial charge in [0.25, 0.3) is 12.0 Å². The van der Waals surface area contributed by atoms with Crippen molar-refractivity contribution in [3.8, 4) is 11.3 Å². The molecule has 0 radical (unpaired) electrons. The third kappa shape index (κ3) is 5.73. The van der Waals surface area contributed by atoms with Crippen molar-refractivity contribution >= 4 is 23.2 Å². The van der Waals surface area contributed by atoms with Crippen molar-refractivity contribution in [3.63, 3.8) is 0 Å². The lowest BCUT2D eigenvalue weighted by Crippen LogP contribution is -2.33. The zero-order valence-electron chi connectivity index (χ0n) is 21.2. The Labute approximate surface area is 227 Å². The van der Waals surface area contributed by atoms with Gasteiger partial charge < -0.3 is 11.1 Å². The van der Waals surface area contributed by atoms with Gasteiger partial charge in [-0.1, -0.05) is 31.0 Å². The number of rotatable bonds is 3. The fourth-order valence-corrected chi connectivity index (χ4v) is 4.74. The van der Waals surface area contributed by atoms with E-state index in [1.165, 1.54) is 17.1 Å². The molecule has 204 valence electrons. The zero-order chi connectivity index (χ0) is 28.3. The summed E-state index contributed by atoms with van der Waals surface area (Å²) in [4.78, 5) is 39.0. The number of fused-ring (bicyclic) bond motifs is 2. The Kier molecular flexibility index (Phi) is 8.49. The van der Waals surface area contributed by atoms with E-state index in [0.29, 0.717) is 41.9 Å². The average molecular weight is 559 g/mol. The topological polar surface area (TPSA) is 115 Å². The normalized spacial score (nSPS) is 20.5. The van der Waals surface area contributed by atoms with Gasteiger partial charge in [0.1, 0.15) is 0 Å². The predicted molar refractivity (Wildman–Crippen MR) is 142 cm³/mol. The van der Waals surface area contributed by atoms with Crippen LogP contribution in [0.2, 0.25) is 5.02 Å². The van der Waals surface area contributed by atoms with E-state index in [1.54, 1.807) is 32.3 Å². The standard InChI is InChI=1S/C27H26ClF3N6O2/c1-14-4-3-5-21(18-10-15(8-9-34-18)25(33-2)20(12-32)36-27(14)39)37-13-35-19(11-22(37)38)23-16(26(30)31)6-7-17(28)24(23)29/h6-14,21,26H,3-5,32H2,1-2H3,(H,36,39). The van der Waals surface area contributed by atoms with Crippen LogP contribution in [0.4, 0.5) is 13.2 Å². The number of pyridine rings is 1. The summed E-state index contributed by atoms with van der Waals surface area (Å²) in [6.07, 6.45) is 2.48. The second kappa shape index (κ2) is 11.8. The van der Waals surface area contributed by atoms with Crippen molar-refractivity contribution < 1.29 is 18.0 Å². The Morgan fingerprint density at radius 2 is 1.97 bits per heavy atom. The number of amides is 1. The van der Waals surface area contributed by atoms with Gasteiger partial charge in [-0.15, -0.1) is 0 Å². The van der Waals surface area contributed by atoms with E-state index in [4.69, 9.17) is 17.3 Å². The number of nitrogens with zero attached hydrogens (tertiary/aromatic N) is 4. The molecule has 1 aliphatic heterocycles. The van der Waals surface area contributed by atoms with Gasteiger partial charge in [-0.3, -0.25) is 24.1 Å². The Hall–Kier alpha value is -3.99. The van der Waals surface area contributed by atoms with Gasteiger partial charge in [0.05, 0.1) is 40.2 Å². The molecule has 1 amide bonds. The molecule has 4 rings (SSSR count). The fourth-order valence-electron chi connectivity index (χ4n) is 4.59. The molecular weight excluding hydrogens is 533 g/mol. The summed E-state index contributed by atoms with van der Waals surface area (Å²) in [7, 11) is 1.56. The van der Waals surface area contributed by atoms with Crippen molar-refractivity contribution in [2.24, 2.45) is 16.6 Å². The van der Waals surface area contributed by atoms with Crippen molar-refractivity contribution in [1.82, 2.24) is 19.9 Å². The first kappa shape index (κ1) is 28.0. The smallest absolute Gasteiger partial charge is 0.264 e. The first-order chi connectivity index (χ1) is 18.7. The van der Waals surface area contributed by atoms with Crippen LogP contribution < -0.4 is 16.6 Å². The number of carbonyl (C=O) groups is 1. The molecule has 2 aromatic heterocycles. The molecule has 2 atom stereocenters. The lowest BCUT2D eigenvalue weighted by Gasteiger charge is -2.23. The molecule has 3 N–H and O–H groups in total. The second-order valence-corrected chi connectivity index (χ2v) is 9.51. The predicted octanol–water partition coefficient (Wildman–Crippen LogP) is 4.78. The third-order valence-electron chi connectivity index (χ3n) is 6.65. The van der Waals surface area contributed by atoms with Crippen LogP contribution in [-0.2, 0) is 4.79 Å². The maximum Gasteiger partial charge on any atom is 0.264 e. The summed E-state index contributed by atoms with van der Waals surface area (Å²) in [5.41, 5.74) is 5.70. The van der Waals surface area contributed by atoms with Gasteiger partial charge in [-0.2, -0.15) is 0 Å². The molecule has 39 heavy (non-hydrogen) atoms. The molecule has 0 fully saturated rings. The monoisotopic (exact) mass is 558 g/mol. The van der Waals surface area contributed by atoms with E-state index in [-0.39, 0.29) is 22.5 Å². The molecule has 1 aromatic carbocycles. The number of alkyl halides is 2. The quantitative estimate of drug-likeness (QED) is 0.480. The summed E-state index contributed by atoms with van der Waals surface area (Å²) >= 11 is 5.84. The summed E-state index contributed by atoms with van der Waals surface area (Å²) in [5, 5.41) is 2.46. The van der Waals surface area contributed by atoms with E-state index >= 15 is 0 Å². The van der Waals surface area contributed by atoms with E-state index < -0.39 is 35.0 Å². The molecule has 0 aliphatic carbocycles. The molecule has 3 aromatic rings. The van der Waals surface area contributed by atoms with Crippen LogP contribution in [0.3, 0.4) is 0 Å². The highest BCUT2D eigenvalue weighted by Crippen LogP contribution is 2.35. The minimum atomic E-state index is -3.00. The van der Waals surface area contributed by atoms with Gasteiger partial charge >= 0.3 is 0 Å². The number of benzene rings is 1. The van der Waals surface area contributed by atoms with Crippen molar-refractivity contribution in [1.29, 1.82) is 0 Å². The Bertz CT molecular complexity index is 1520. The summed E-state index contributed by atoms with van der Waals surface area (Å²) in [6.45, 7) is 1.78. The molecule has 0 saturated carbocycles. The van der Waals surface area contributed by atoms with Gasteiger partial charge in [0.15, 0.2) is 5.82 Å². The largest absolute Gasteiger partial charge is 0.403 e. The first-order valence-corrected chi connectivity index (χ1v) is 12.5. The molecule has 0 saturated heterocycles. The van der Waals surface area contributed by atoms with Crippen LogP contribution in [0.15, 0.2) is 64.5 Å². The molecule has 1 aliphatic rings. The van der Waals surface area contributed by atoms with Crippen molar-refractivity contribution in [2.75, 3.05) is 7.05 Å². The van der Waals surface area contributed by atoms with Crippen LogP contribution in [-0.4, -0.2) is 33.2 Å². The van der Waals surface area contributed by atoms with Gasteiger partial charge in [0.2, 0.25) is 5.91 Å². The summed E-state index contributed by atoms with van der Waals surface area (Å²) < 4.78 is 43.4. The maximum atomic E-state index is 14.8. The number of hydrogen-bond acceptors (Lipinski definition) is 6. The Morgan fingerprint density at radius 1 is 1.21 bits per heavy atom. The number of hydrogen-bond donors (Lipinski definition) is 2. The second-order valence-electron chi connectivity index (χ2n) is 9.10. The maximum absolute atomic E-state index is 14.8. The molecular formula is C27H26ClF3N6O2. The highest BCUT2D eigenvalue weighted by Gasteiger charge is 2.25. The number of nitrogens with one attached hydrogen (secondary N) is 1. The SMILES string of the molecule is CN=C1C(=CN)NC(=O)C(C)CCCC(n2cnc(-c3c(C(F)F)ccc(Cl)c3F)cc2=O)c2cc1ccn2. The van der Waals surface area contributed by atoms with Gasteiger partial charge in [-0.05, 0) is 31.0 Å². The van der Waals surface area contributed by atoms with Crippen molar-refractivity contribution in [3.05, 3.63) is 92.8 Å². The lowest BCUT2D eigenvalue weighted by molar-refractivity contribution is -0.123. The van der Waals surface area contributed by atoms with Crippen LogP contribution in [0.5, 0.6) is 0 Å². The number of aliphatic imine (C=N–C) groups is 1. The first-order valence-electron chi connectivity index (χ1n) is 12.2. The van der Waals surface area contributed by atoms with Crippen LogP contribution >= 0.6 is 11.6 Å². The molecule has 0 spiro atoms. The number of nitrogens with two attached hydrogens (primary N) is 1. The molecule has 2 unspecified atom stereocenters. The van der Waals surface area contributed by atoms with E-state index in [1.807, 2.05) is 0 Å². The lowest BCUT2D eigenvalue weighted by atomic mass is 9.96. The van der Waals surface area contributed by atoms with Crippen molar-refractivity contribution in [2.45, 2.75) is 38.7 Å². The highest BCUT2D eigenvalue weighted by atomic mass is 35.5. The van der Waals surface area contributed by atoms with E-state index in [2.05, 4.69) is 20.3 Å². The zero-order valence-corrected chi connectivity index (χ0v) is 21.9. The van der Waals surface area contributed by atoms with Crippen LogP contribution in [0, 0.1) is 11.7 Å². The average Bonchev–Trinajstić information content (AvgIpc) is 2.92. The van der Waals surface area contributed by atoms with Crippen LogP contribution in [0.25, 0.3) is 11.3 Å². The molecule has 3 heterocycles. The third-order valence-corrected chi connectivity index (χ3v) is 6.94. The Balaban J connectivity index is 1.83. The van der Waals surface area contributed by atoms with Gasteiger partial charge in [-0.25, -0.2) is 18.2 Å². The number of allylic oxidation sites excluding steroid dienone is 1. The van der Waals surface area contributed by atoms with E-state index in [0.717, 1.165) is 18.2 Å². The minimum absolute atomic E-state index is 0.221. The summed E-state index contributed by atoms with van der Waals surface area (Å²) in [5.74, 6) is -1.66. The Morgan fingerprint density at radius 3 is 2.64 bits per heavy atom. The van der Waals surface area contributed by atoms with E-state index in [9.17, 15) is 22.8 Å². The molecule has 8 nitrogen and oxygen atoms in total. The van der Waals surface area contributed by atoms with Gasteiger partial charge in [0, 0.05) is 48.1 Å².